The molecule has 0 saturated carbocycles. The molecule has 2 aromatic carbocycles. The first-order chi connectivity index (χ1) is 11.9. The predicted molar refractivity (Wildman–Crippen MR) is 102 cm³/mol. The zero-order valence-electron chi connectivity index (χ0n) is 15.1. The van der Waals surface area contributed by atoms with Gasteiger partial charge in [0.05, 0.1) is 24.6 Å². The Kier molecular flexibility index (Phi) is 5.19. The molecule has 3 rings (SSSR count). The number of halogens is 1. The molecular formula is C21H25FN2O. The van der Waals surface area contributed by atoms with E-state index in [1.165, 1.54) is 11.6 Å². The molecule has 1 aliphatic rings. The lowest BCUT2D eigenvalue weighted by Gasteiger charge is -2.29. The Morgan fingerprint density at radius 2 is 1.72 bits per heavy atom. The van der Waals surface area contributed by atoms with Crippen LogP contribution in [-0.2, 0) is 10.2 Å². The first kappa shape index (κ1) is 17.6. The summed E-state index contributed by atoms with van der Waals surface area (Å²) >= 11 is 0. The SMILES string of the molecule is CC(C)(C)c1ccc(N=Cc2ccc(N3CCOCC3)c(F)c2)cc1. The highest BCUT2D eigenvalue weighted by Crippen LogP contribution is 2.25. The van der Waals surface area contributed by atoms with Gasteiger partial charge in [-0.15, -0.1) is 0 Å². The largest absolute Gasteiger partial charge is 0.378 e. The van der Waals surface area contributed by atoms with E-state index in [9.17, 15) is 4.39 Å². The molecule has 1 fully saturated rings. The monoisotopic (exact) mass is 340 g/mol. The van der Waals surface area contributed by atoms with Crippen molar-refractivity contribution in [1.82, 2.24) is 0 Å². The highest BCUT2D eigenvalue weighted by atomic mass is 19.1. The third-order valence-electron chi connectivity index (χ3n) is 4.42. The molecule has 2 aromatic rings. The molecular weight excluding hydrogens is 315 g/mol. The topological polar surface area (TPSA) is 24.8 Å². The van der Waals surface area contributed by atoms with E-state index in [1.807, 2.05) is 29.2 Å². The first-order valence-electron chi connectivity index (χ1n) is 8.70. The van der Waals surface area contributed by atoms with E-state index in [0.29, 0.717) is 18.9 Å². The van der Waals surface area contributed by atoms with Crippen LogP contribution in [0.1, 0.15) is 31.9 Å². The minimum atomic E-state index is -0.214. The average Bonchev–Trinajstić information content (AvgIpc) is 2.60. The molecule has 1 aliphatic heterocycles. The van der Waals surface area contributed by atoms with Gasteiger partial charge in [-0.2, -0.15) is 0 Å². The summed E-state index contributed by atoms with van der Waals surface area (Å²) in [6.07, 6.45) is 1.71. The third-order valence-corrected chi connectivity index (χ3v) is 4.42. The van der Waals surface area contributed by atoms with Crippen molar-refractivity contribution in [2.75, 3.05) is 31.2 Å². The molecule has 0 radical (unpaired) electrons. The number of benzene rings is 2. The van der Waals surface area contributed by atoms with E-state index < -0.39 is 0 Å². The Labute approximate surface area is 149 Å². The van der Waals surface area contributed by atoms with E-state index in [1.54, 1.807) is 6.21 Å². The zero-order valence-corrected chi connectivity index (χ0v) is 15.1. The van der Waals surface area contributed by atoms with Gasteiger partial charge in [-0.3, -0.25) is 4.99 Å². The van der Waals surface area contributed by atoms with E-state index in [-0.39, 0.29) is 11.2 Å². The minimum absolute atomic E-state index is 0.126. The van der Waals surface area contributed by atoms with Crippen LogP contribution >= 0.6 is 0 Å². The molecule has 25 heavy (non-hydrogen) atoms. The Morgan fingerprint density at radius 1 is 1.04 bits per heavy atom. The number of hydrogen-bond acceptors (Lipinski definition) is 3. The summed E-state index contributed by atoms with van der Waals surface area (Å²) in [6.45, 7) is 9.30. The van der Waals surface area contributed by atoms with Crippen LogP contribution in [0.3, 0.4) is 0 Å². The van der Waals surface area contributed by atoms with Crippen LogP contribution in [0, 0.1) is 5.82 Å². The van der Waals surface area contributed by atoms with Crippen LogP contribution in [0.2, 0.25) is 0 Å². The molecule has 0 spiro atoms. The first-order valence-corrected chi connectivity index (χ1v) is 8.70. The van der Waals surface area contributed by atoms with Crippen molar-refractivity contribution >= 4 is 17.6 Å². The van der Waals surface area contributed by atoms with Crippen molar-refractivity contribution in [1.29, 1.82) is 0 Å². The van der Waals surface area contributed by atoms with Crippen LogP contribution in [-0.4, -0.2) is 32.5 Å². The second kappa shape index (κ2) is 7.36. The number of hydrogen-bond donors (Lipinski definition) is 0. The number of nitrogens with zero attached hydrogens (tertiary/aromatic N) is 2. The summed E-state index contributed by atoms with van der Waals surface area (Å²) in [5, 5.41) is 0. The van der Waals surface area contributed by atoms with Gasteiger partial charge in [0.15, 0.2) is 0 Å². The summed E-state index contributed by atoms with van der Waals surface area (Å²) < 4.78 is 19.7. The molecule has 0 bridgehead atoms. The van der Waals surface area contributed by atoms with Crippen LogP contribution in [0.25, 0.3) is 0 Å². The number of rotatable bonds is 3. The van der Waals surface area contributed by atoms with Crippen molar-refractivity contribution in [3.05, 3.63) is 59.4 Å². The fraction of sp³-hybridized carbons (Fsp3) is 0.381. The zero-order chi connectivity index (χ0) is 17.9. The van der Waals surface area contributed by atoms with Crippen molar-refractivity contribution in [3.63, 3.8) is 0 Å². The Balaban J connectivity index is 1.72. The summed E-state index contributed by atoms with van der Waals surface area (Å²) in [7, 11) is 0. The lowest BCUT2D eigenvalue weighted by Crippen LogP contribution is -2.36. The van der Waals surface area contributed by atoms with Crippen molar-refractivity contribution in [3.8, 4) is 0 Å². The summed E-state index contributed by atoms with van der Waals surface area (Å²) in [5.74, 6) is -0.214. The highest BCUT2D eigenvalue weighted by Gasteiger charge is 2.15. The van der Waals surface area contributed by atoms with Crippen LogP contribution < -0.4 is 4.90 Å². The second-order valence-electron chi connectivity index (χ2n) is 7.37. The molecule has 1 heterocycles. The van der Waals surface area contributed by atoms with Gasteiger partial charge in [0, 0.05) is 19.3 Å². The molecule has 0 aliphatic carbocycles. The Bertz CT molecular complexity index is 741. The van der Waals surface area contributed by atoms with Crippen molar-refractivity contribution in [2.24, 2.45) is 4.99 Å². The minimum Gasteiger partial charge on any atom is -0.378 e. The molecule has 0 unspecified atom stereocenters. The molecule has 0 atom stereocenters. The maximum Gasteiger partial charge on any atom is 0.147 e. The average molecular weight is 340 g/mol. The lowest BCUT2D eigenvalue weighted by atomic mass is 9.87. The predicted octanol–water partition coefficient (Wildman–Crippen LogP) is 4.71. The van der Waals surface area contributed by atoms with Crippen molar-refractivity contribution < 1.29 is 9.13 Å². The standard InChI is InChI=1S/C21H25FN2O/c1-21(2,3)17-5-7-18(8-6-17)23-15-16-4-9-20(19(22)14-16)24-10-12-25-13-11-24/h4-9,14-15H,10-13H2,1-3H3. The fourth-order valence-corrected chi connectivity index (χ4v) is 2.86. The molecule has 0 N–H and O–H groups in total. The van der Waals surface area contributed by atoms with Crippen LogP contribution in [0.4, 0.5) is 15.8 Å². The van der Waals surface area contributed by atoms with Crippen molar-refractivity contribution in [2.45, 2.75) is 26.2 Å². The maximum absolute atomic E-state index is 14.4. The van der Waals surface area contributed by atoms with Gasteiger partial charge in [-0.05, 0) is 40.8 Å². The van der Waals surface area contributed by atoms with Crippen LogP contribution in [0.15, 0.2) is 47.5 Å². The maximum atomic E-state index is 14.4. The number of aliphatic imine (C=N–C) groups is 1. The van der Waals surface area contributed by atoms with Gasteiger partial charge in [-0.25, -0.2) is 4.39 Å². The lowest BCUT2D eigenvalue weighted by molar-refractivity contribution is 0.122. The van der Waals surface area contributed by atoms with Gasteiger partial charge in [0.1, 0.15) is 5.82 Å². The quantitative estimate of drug-likeness (QED) is 0.756. The summed E-state index contributed by atoms with van der Waals surface area (Å²) in [4.78, 5) is 6.48. The summed E-state index contributed by atoms with van der Waals surface area (Å²) in [5.41, 5.74) is 3.66. The number of morpholine rings is 1. The molecule has 132 valence electrons. The smallest absolute Gasteiger partial charge is 0.147 e. The molecule has 0 amide bonds. The van der Waals surface area contributed by atoms with Gasteiger partial charge >= 0.3 is 0 Å². The second-order valence-corrected chi connectivity index (χ2v) is 7.37. The number of ether oxygens (including phenoxy) is 1. The number of anilines is 1. The molecule has 4 heteroatoms. The third kappa shape index (κ3) is 4.45. The van der Waals surface area contributed by atoms with Gasteiger partial charge < -0.3 is 9.64 Å². The van der Waals surface area contributed by atoms with E-state index in [2.05, 4.69) is 37.9 Å². The highest BCUT2D eigenvalue weighted by molar-refractivity contribution is 5.82. The van der Waals surface area contributed by atoms with E-state index >= 15 is 0 Å². The van der Waals surface area contributed by atoms with Gasteiger partial charge in [0.25, 0.3) is 0 Å². The molecule has 1 saturated heterocycles. The summed E-state index contributed by atoms with van der Waals surface area (Å²) in [6, 6.07) is 13.4. The molecule has 0 aromatic heterocycles. The van der Waals surface area contributed by atoms with E-state index in [4.69, 9.17) is 4.74 Å². The Morgan fingerprint density at radius 3 is 2.32 bits per heavy atom. The fourth-order valence-electron chi connectivity index (χ4n) is 2.86. The van der Waals surface area contributed by atoms with E-state index in [0.717, 1.165) is 24.3 Å². The normalized spacial score (nSPS) is 15.8. The molecule has 3 nitrogen and oxygen atoms in total. The van der Waals surface area contributed by atoms with Crippen LogP contribution in [0.5, 0.6) is 0 Å². The Hall–Kier alpha value is -2.20. The van der Waals surface area contributed by atoms with Gasteiger partial charge in [0.2, 0.25) is 0 Å². The van der Waals surface area contributed by atoms with Gasteiger partial charge in [-0.1, -0.05) is 39.0 Å².